The van der Waals surface area contributed by atoms with Gasteiger partial charge in [-0.05, 0) is 24.6 Å². The van der Waals surface area contributed by atoms with Crippen molar-refractivity contribution in [1.82, 2.24) is 0 Å². The lowest BCUT2D eigenvalue weighted by atomic mass is 10.0. The van der Waals surface area contributed by atoms with Gasteiger partial charge in [0.05, 0.1) is 5.56 Å². The molecule has 2 aromatic rings. The molecular formula is C16H12O4. The highest BCUT2D eigenvalue weighted by atomic mass is 16.5. The molecule has 0 bridgehead atoms. The summed E-state index contributed by atoms with van der Waals surface area (Å²) >= 11 is 0. The largest absolute Gasteiger partial charge is 0.504 e. The van der Waals surface area contributed by atoms with Gasteiger partial charge in [-0.2, -0.15) is 0 Å². The van der Waals surface area contributed by atoms with Crippen LogP contribution in [0.1, 0.15) is 22.8 Å². The van der Waals surface area contributed by atoms with Gasteiger partial charge < -0.3 is 14.9 Å². The molecule has 100 valence electrons. The van der Waals surface area contributed by atoms with Gasteiger partial charge in [0.25, 0.3) is 0 Å². The number of allylic oxidation sites excluding steroid dienone is 2. The van der Waals surface area contributed by atoms with E-state index in [-0.39, 0.29) is 28.6 Å². The normalized spacial score (nSPS) is 15.8. The number of phenols is 2. The maximum absolute atomic E-state index is 12.3. The van der Waals surface area contributed by atoms with Gasteiger partial charge in [-0.25, -0.2) is 0 Å². The highest BCUT2D eigenvalue weighted by Gasteiger charge is 2.32. The Hall–Kier alpha value is -2.75. The van der Waals surface area contributed by atoms with Gasteiger partial charge >= 0.3 is 0 Å². The van der Waals surface area contributed by atoms with Gasteiger partial charge in [-0.15, -0.1) is 0 Å². The summed E-state index contributed by atoms with van der Waals surface area (Å²) in [5, 5.41) is 19.2. The van der Waals surface area contributed by atoms with Gasteiger partial charge in [0.2, 0.25) is 11.5 Å². The van der Waals surface area contributed by atoms with E-state index in [1.54, 1.807) is 6.92 Å². The Bertz CT molecular complexity index is 730. The highest BCUT2D eigenvalue weighted by Crippen LogP contribution is 2.45. The first kappa shape index (κ1) is 12.3. The number of aromatic hydroxyl groups is 2. The van der Waals surface area contributed by atoms with E-state index < -0.39 is 5.75 Å². The van der Waals surface area contributed by atoms with Crippen LogP contribution in [-0.4, -0.2) is 16.0 Å². The van der Waals surface area contributed by atoms with E-state index in [1.807, 2.05) is 30.3 Å². The van der Waals surface area contributed by atoms with Crippen molar-refractivity contribution in [2.24, 2.45) is 0 Å². The number of carbonyl (C=O) groups is 1. The van der Waals surface area contributed by atoms with Gasteiger partial charge in [0.15, 0.2) is 17.3 Å². The Labute approximate surface area is 115 Å². The van der Waals surface area contributed by atoms with E-state index in [1.165, 1.54) is 12.1 Å². The smallest absolute Gasteiger partial charge is 0.232 e. The number of benzene rings is 2. The molecule has 2 aromatic carbocycles. The third-order valence-electron chi connectivity index (χ3n) is 3.31. The summed E-state index contributed by atoms with van der Waals surface area (Å²) < 4.78 is 5.47. The van der Waals surface area contributed by atoms with E-state index in [4.69, 9.17) is 4.74 Å². The Kier molecular flexibility index (Phi) is 2.71. The quantitative estimate of drug-likeness (QED) is 0.616. The van der Waals surface area contributed by atoms with E-state index >= 15 is 0 Å². The second-order valence-electron chi connectivity index (χ2n) is 4.56. The molecule has 2 N–H and O–H groups in total. The van der Waals surface area contributed by atoms with Crippen molar-refractivity contribution in [3.8, 4) is 17.2 Å². The molecule has 0 aromatic heterocycles. The van der Waals surface area contributed by atoms with Crippen molar-refractivity contribution in [2.45, 2.75) is 6.92 Å². The summed E-state index contributed by atoms with van der Waals surface area (Å²) in [6, 6.07) is 12.1. The first-order chi connectivity index (χ1) is 9.59. The molecule has 0 amide bonds. The van der Waals surface area contributed by atoms with Crippen molar-refractivity contribution in [1.29, 1.82) is 0 Å². The monoisotopic (exact) mass is 268 g/mol. The number of ether oxygens (including phenoxy) is 1. The molecule has 3 rings (SSSR count). The Morgan fingerprint density at radius 1 is 1.05 bits per heavy atom. The fraction of sp³-hybridized carbons (Fsp3) is 0.0625. The minimum Gasteiger partial charge on any atom is -0.504 e. The first-order valence-corrected chi connectivity index (χ1v) is 6.13. The zero-order valence-electron chi connectivity index (χ0n) is 10.8. The molecule has 0 saturated carbocycles. The van der Waals surface area contributed by atoms with Crippen LogP contribution < -0.4 is 4.74 Å². The summed E-state index contributed by atoms with van der Waals surface area (Å²) in [6.07, 6.45) is 0. The molecule has 0 saturated heterocycles. The topological polar surface area (TPSA) is 66.8 Å². The lowest BCUT2D eigenvalue weighted by Gasteiger charge is -2.06. The van der Waals surface area contributed by atoms with E-state index in [0.717, 1.165) is 5.56 Å². The van der Waals surface area contributed by atoms with Crippen LogP contribution in [-0.2, 0) is 0 Å². The SMILES string of the molecule is C/C(=C1\Oc2c(ccc(O)c2O)C1=O)c1ccccc1. The number of rotatable bonds is 1. The van der Waals surface area contributed by atoms with Crippen LogP contribution in [0.4, 0.5) is 0 Å². The van der Waals surface area contributed by atoms with E-state index in [2.05, 4.69) is 0 Å². The van der Waals surface area contributed by atoms with Crippen LogP contribution in [0.25, 0.3) is 5.57 Å². The lowest BCUT2D eigenvalue weighted by molar-refractivity contribution is 0.101. The number of phenolic OH excluding ortho intramolecular Hbond substituents is 2. The number of hydrogen-bond acceptors (Lipinski definition) is 4. The van der Waals surface area contributed by atoms with Crippen LogP contribution in [0.5, 0.6) is 17.2 Å². The summed E-state index contributed by atoms with van der Waals surface area (Å²) in [7, 11) is 0. The number of Topliss-reactive ketones (excluding diaryl/α,β-unsaturated/α-hetero) is 1. The standard InChI is InChI=1S/C16H12O4/c1-9(10-5-3-2-4-6-10)15-13(18)11-7-8-12(17)14(19)16(11)20-15/h2-8,17,19H,1H3/b15-9+. The molecule has 0 radical (unpaired) electrons. The minimum absolute atomic E-state index is 0.0141. The van der Waals surface area contributed by atoms with Crippen molar-refractivity contribution in [2.75, 3.05) is 0 Å². The summed E-state index contributed by atoms with van der Waals surface area (Å²) in [5.74, 6) is -0.828. The molecule has 1 heterocycles. The van der Waals surface area contributed by atoms with Crippen LogP contribution in [0.2, 0.25) is 0 Å². The maximum Gasteiger partial charge on any atom is 0.232 e. The molecular weight excluding hydrogens is 256 g/mol. The van der Waals surface area contributed by atoms with Crippen LogP contribution in [0, 0.1) is 0 Å². The second kappa shape index (κ2) is 4.42. The molecule has 1 aliphatic rings. The lowest BCUT2D eigenvalue weighted by Crippen LogP contribution is -2.01. The zero-order chi connectivity index (χ0) is 14.3. The summed E-state index contributed by atoms with van der Waals surface area (Å²) in [6.45, 7) is 1.78. The fourth-order valence-corrected chi connectivity index (χ4v) is 2.18. The molecule has 20 heavy (non-hydrogen) atoms. The third kappa shape index (κ3) is 1.73. The van der Waals surface area contributed by atoms with Gasteiger partial charge in [-0.1, -0.05) is 30.3 Å². The molecule has 0 aliphatic carbocycles. The van der Waals surface area contributed by atoms with Gasteiger partial charge in [0.1, 0.15) is 0 Å². The zero-order valence-corrected chi connectivity index (χ0v) is 10.8. The van der Waals surface area contributed by atoms with Crippen LogP contribution in [0.15, 0.2) is 48.2 Å². The Morgan fingerprint density at radius 3 is 2.45 bits per heavy atom. The molecule has 0 spiro atoms. The first-order valence-electron chi connectivity index (χ1n) is 6.13. The molecule has 4 heteroatoms. The predicted octanol–water partition coefficient (Wildman–Crippen LogP) is 3.10. The highest BCUT2D eigenvalue weighted by molar-refractivity contribution is 6.16. The third-order valence-corrected chi connectivity index (χ3v) is 3.31. The van der Waals surface area contributed by atoms with Crippen molar-refractivity contribution in [3.63, 3.8) is 0 Å². The van der Waals surface area contributed by atoms with Crippen LogP contribution >= 0.6 is 0 Å². The average Bonchev–Trinajstić information content (AvgIpc) is 2.81. The molecule has 1 aliphatic heterocycles. The van der Waals surface area contributed by atoms with E-state index in [9.17, 15) is 15.0 Å². The van der Waals surface area contributed by atoms with Crippen molar-refractivity contribution >= 4 is 11.4 Å². The molecule has 4 nitrogen and oxygen atoms in total. The number of hydrogen-bond donors (Lipinski definition) is 2. The minimum atomic E-state index is -0.410. The Morgan fingerprint density at radius 2 is 1.75 bits per heavy atom. The molecule has 0 fully saturated rings. The van der Waals surface area contributed by atoms with Crippen molar-refractivity contribution in [3.05, 3.63) is 59.4 Å². The van der Waals surface area contributed by atoms with Gasteiger partial charge in [-0.3, -0.25) is 4.79 Å². The van der Waals surface area contributed by atoms with Crippen molar-refractivity contribution < 1.29 is 19.7 Å². The number of fused-ring (bicyclic) bond motifs is 1. The molecule has 0 atom stereocenters. The summed E-state index contributed by atoms with van der Waals surface area (Å²) in [4.78, 5) is 12.3. The summed E-state index contributed by atoms with van der Waals surface area (Å²) in [5.41, 5.74) is 1.81. The van der Waals surface area contributed by atoms with Gasteiger partial charge in [0, 0.05) is 5.57 Å². The van der Waals surface area contributed by atoms with E-state index in [0.29, 0.717) is 5.57 Å². The number of ketones is 1. The maximum atomic E-state index is 12.3. The second-order valence-corrected chi connectivity index (χ2v) is 4.56. The Balaban J connectivity index is 2.13. The van der Waals surface area contributed by atoms with Crippen LogP contribution in [0.3, 0.4) is 0 Å². The fourth-order valence-electron chi connectivity index (χ4n) is 2.18. The predicted molar refractivity (Wildman–Crippen MR) is 73.8 cm³/mol. The number of carbonyl (C=O) groups excluding carboxylic acids is 1. The average molecular weight is 268 g/mol. The molecule has 0 unspecified atom stereocenters.